The van der Waals surface area contributed by atoms with Gasteiger partial charge in [-0.05, 0) is 30.8 Å². The van der Waals surface area contributed by atoms with Crippen LogP contribution >= 0.6 is 0 Å². The molecule has 17 heavy (non-hydrogen) atoms. The summed E-state index contributed by atoms with van der Waals surface area (Å²) in [4.78, 5) is 10.4. The number of benzene rings is 1. The van der Waals surface area contributed by atoms with Crippen molar-refractivity contribution in [3.05, 3.63) is 36.6 Å². The fourth-order valence-electron chi connectivity index (χ4n) is 0.895. The molecule has 0 atom stereocenters. The molecule has 0 spiro atoms. The lowest BCUT2D eigenvalue weighted by Crippen LogP contribution is -2.17. The maximum absolute atomic E-state index is 11.8. The van der Waals surface area contributed by atoms with Crippen molar-refractivity contribution in [3.63, 3.8) is 0 Å². The van der Waals surface area contributed by atoms with Crippen molar-refractivity contribution in [2.24, 2.45) is 0 Å². The summed E-state index contributed by atoms with van der Waals surface area (Å²) >= 11 is 0. The number of ether oxygens (including phenoxy) is 2. The Bertz CT molecular complexity index is 422. The summed E-state index contributed by atoms with van der Waals surface area (Å²) in [5, 5.41) is 8.45. The molecule has 1 aromatic rings. The first-order valence-corrected chi connectivity index (χ1v) is 4.24. The second-order valence-electron chi connectivity index (χ2n) is 2.85. The largest absolute Gasteiger partial charge is 0.573 e. The number of halogens is 3. The summed E-state index contributed by atoms with van der Waals surface area (Å²) in [5.41, 5.74) is 0. The molecule has 0 radical (unpaired) electrons. The Labute approximate surface area is 93.9 Å². The lowest BCUT2D eigenvalue weighted by molar-refractivity contribution is -0.274. The van der Waals surface area contributed by atoms with Crippen LogP contribution in [0, 0.1) is 0 Å². The molecule has 0 heterocycles. The summed E-state index contributed by atoms with van der Waals surface area (Å²) < 4.78 is 43.8. The minimum Gasteiger partial charge on any atom is -0.475 e. The zero-order valence-electron chi connectivity index (χ0n) is 8.32. The highest BCUT2D eigenvalue weighted by atomic mass is 19.4. The number of rotatable bonds is 4. The fourth-order valence-corrected chi connectivity index (χ4v) is 0.895. The maximum atomic E-state index is 11.8. The van der Waals surface area contributed by atoms with Crippen molar-refractivity contribution in [2.45, 2.75) is 6.36 Å². The lowest BCUT2D eigenvalue weighted by atomic mass is 10.3. The first-order chi connectivity index (χ1) is 7.78. The van der Waals surface area contributed by atoms with Crippen LogP contribution in [-0.2, 0) is 4.79 Å². The number of carboxylic acid groups (broad SMARTS) is 1. The van der Waals surface area contributed by atoms with Crippen LogP contribution in [0.4, 0.5) is 13.2 Å². The summed E-state index contributed by atoms with van der Waals surface area (Å²) in [6, 6.07) is 4.26. The molecular formula is C10H7F3O4. The molecule has 1 rings (SSSR count). The first-order valence-electron chi connectivity index (χ1n) is 4.24. The zero-order valence-corrected chi connectivity index (χ0v) is 8.32. The van der Waals surface area contributed by atoms with E-state index in [1.807, 2.05) is 0 Å². The van der Waals surface area contributed by atoms with E-state index < -0.39 is 23.8 Å². The van der Waals surface area contributed by atoms with Crippen LogP contribution in [0.15, 0.2) is 36.6 Å². The smallest absolute Gasteiger partial charge is 0.475 e. The van der Waals surface area contributed by atoms with Crippen molar-refractivity contribution >= 4 is 5.97 Å². The van der Waals surface area contributed by atoms with Gasteiger partial charge in [-0.1, -0.05) is 0 Å². The van der Waals surface area contributed by atoms with Crippen molar-refractivity contribution < 1.29 is 32.5 Å². The van der Waals surface area contributed by atoms with Gasteiger partial charge < -0.3 is 14.6 Å². The van der Waals surface area contributed by atoms with Crippen LogP contribution in [0.3, 0.4) is 0 Å². The lowest BCUT2D eigenvalue weighted by Gasteiger charge is -2.09. The van der Waals surface area contributed by atoms with E-state index >= 15 is 0 Å². The summed E-state index contributed by atoms with van der Waals surface area (Å²) in [6.45, 7) is 3.10. The Balaban J connectivity index is 2.68. The molecule has 0 aliphatic heterocycles. The molecular weight excluding hydrogens is 241 g/mol. The van der Waals surface area contributed by atoms with Crippen LogP contribution in [0.25, 0.3) is 0 Å². The van der Waals surface area contributed by atoms with E-state index in [4.69, 9.17) is 9.84 Å². The normalized spacial score (nSPS) is 10.8. The van der Waals surface area contributed by atoms with Gasteiger partial charge in [-0.25, -0.2) is 4.79 Å². The molecule has 4 nitrogen and oxygen atoms in total. The molecule has 0 saturated carbocycles. The van der Waals surface area contributed by atoms with E-state index in [2.05, 4.69) is 11.3 Å². The third kappa shape index (κ3) is 4.45. The minimum atomic E-state index is -4.77. The molecule has 0 aliphatic carbocycles. The minimum absolute atomic E-state index is 0.0481. The molecule has 0 aliphatic rings. The molecule has 0 amide bonds. The van der Waals surface area contributed by atoms with E-state index in [1.54, 1.807) is 0 Å². The summed E-state index contributed by atoms with van der Waals surface area (Å²) in [6.07, 6.45) is -4.77. The topological polar surface area (TPSA) is 55.8 Å². The van der Waals surface area contributed by atoms with Gasteiger partial charge in [0.25, 0.3) is 0 Å². The van der Waals surface area contributed by atoms with Gasteiger partial charge in [0.05, 0.1) is 0 Å². The Morgan fingerprint density at radius 1 is 1.18 bits per heavy atom. The number of carbonyl (C=O) groups is 1. The number of alkyl halides is 3. The highest BCUT2D eigenvalue weighted by Gasteiger charge is 2.30. The highest BCUT2D eigenvalue weighted by molar-refractivity contribution is 5.83. The maximum Gasteiger partial charge on any atom is 0.573 e. The van der Waals surface area contributed by atoms with Crippen LogP contribution in [-0.4, -0.2) is 17.4 Å². The van der Waals surface area contributed by atoms with Gasteiger partial charge in [-0.3, -0.25) is 0 Å². The molecule has 7 heteroatoms. The van der Waals surface area contributed by atoms with Crippen LogP contribution < -0.4 is 9.47 Å². The van der Waals surface area contributed by atoms with E-state index in [-0.39, 0.29) is 5.75 Å². The van der Waals surface area contributed by atoms with Gasteiger partial charge in [-0.15, -0.1) is 13.2 Å². The molecule has 1 N–H and O–H groups in total. The van der Waals surface area contributed by atoms with E-state index in [0.717, 1.165) is 24.3 Å². The SMILES string of the molecule is C=C(Oc1ccc(OC(F)(F)F)cc1)C(=O)O. The Hall–Kier alpha value is -2.18. The molecule has 0 saturated heterocycles. The van der Waals surface area contributed by atoms with E-state index in [1.165, 1.54) is 0 Å². The van der Waals surface area contributed by atoms with Crippen molar-refractivity contribution in [2.75, 3.05) is 0 Å². The second kappa shape index (κ2) is 4.77. The molecule has 92 valence electrons. The standard InChI is InChI=1S/C10H7F3O4/c1-6(9(14)15)16-7-2-4-8(5-3-7)17-10(11,12)13/h2-5H,1H2,(H,14,15). The average Bonchev–Trinajstić information content (AvgIpc) is 2.18. The molecule has 0 bridgehead atoms. The van der Waals surface area contributed by atoms with Crippen LogP contribution in [0.2, 0.25) is 0 Å². The van der Waals surface area contributed by atoms with Gasteiger partial charge in [0.15, 0.2) is 0 Å². The first kappa shape index (κ1) is 12.9. The van der Waals surface area contributed by atoms with E-state index in [9.17, 15) is 18.0 Å². The van der Waals surface area contributed by atoms with Crippen molar-refractivity contribution in [3.8, 4) is 11.5 Å². The number of carboxylic acids is 1. The predicted molar refractivity (Wildman–Crippen MR) is 50.5 cm³/mol. The van der Waals surface area contributed by atoms with Gasteiger partial charge in [0, 0.05) is 0 Å². The summed E-state index contributed by atoms with van der Waals surface area (Å²) in [5.74, 6) is -2.27. The predicted octanol–water partition coefficient (Wildman–Crippen LogP) is 2.56. The van der Waals surface area contributed by atoms with E-state index in [0.29, 0.717) is 0 Å². The fraction of sp³-hybridized carbons (Fsp3) is 0.100. The van der Waals surface area contributed by atoms with Gasteiger partial charge in [-0.2, -0.15) is 0 Å². The van der Waals surface area contributed by atoms with Crippen LogP contribution in [0.1, 0.15) is 0 Å². The Morgan fingerprint density at radius 2 is 1.65 bits per heavy atom. The zero-order chi connectivity index (χ0) is 13.1. The third-order valence-electron chi connectivity index (χ3n) is 1.54. The Kier molecular flexibility index (Phi) is 3.62. The molecule has 0 fully saturated rings. The molecule has 0 aromatic heterocycles. The van der Waals surface area contributed by atoms with Gasteiger partial charge >= 0.3 is 12.3 Å². The Morgan fingerprint density at radius 3 is 2.06 bits per heavy atom. The monoisotopic (exact) mass is 248 g/mol. The molecule has 1 aromatic carbocycles. The van der Waals surface area contributed by atoms with Gasteiger partial charge in [0.1, 0.15) is 11.5 Å². The van der Waals surface area contributed by atoms with Crippen LogP contribution in [0.5, 0.6) is 11.5 Å². The second-order valence-corrected chi connectivity index (χ2v) is 2.85. The number of aliphatic carboxylic acids is 1. The highest BCUT2D eigenvalue weighted by Crippen LogP contribution is 2.25. The molecule has 0 unspecified atom stereocenters. The number of hydrogen-bond acceptors (Lipinski definition) is 3. The van der Waals surface area contributed by atoms with Crippen molar-refractivity contribution in [1.29, 1.82) is 0 Å². The van der Waals surface area contributed by atoms with Gasteiger partial charge in [0.2, 0.25) is 5.76 Å². The average molecular weight is 248 g/mol. The quantitative estimate of drug-likeness (QED) is 0.657. The third-order valence-corrected chi connectivity index (χ3v) is 1.54. The van der Waals surface area contributed by atoms with Crippen molar-refractivity contribution in [1.82, 2.24) is 0 Å². The summed E-state index contributed by atoms with van der Waals surface area (Å²) in [7, 11) is 0. The number of hydrogen-bond donors (Lipinski definition) is 1.